The maximum absolute atomic E-state index is 14.4. The molecule has 130 valence electrons. The van der Waals surface area contributed by atoms with Crippen LogP contribution in [0.2, 0.25) is 5.02 Å². The maximum atomic E-state index is 14.4. The van der Waals surface area contributed by atoms with E-state index in [4.69, 9.17) is 17.3 Å². The number of hydrogen-bond donors (Lipinski definition) is 1. The molecule has 0 aliphatic carbocycles. The van der Waals surface area contributed by atoms with E-state index in [1.165, 1.54) is 6.07 Å². The largest absolute Gasteiger partial charge is 0.324 e. The van der Waals surface area contributed by atoms with Gasteiger partial charge in [0, 0.05) is 27.9 Å². The highest BCUT2D eigenvalue weighted by molar-refractivity contribution is 6.33. The molecule has 0 saturated heterocycles. The van der Waals surface area contributed by atoms with E-state index in [1.54, 1.807) is 24.5 Å². The third kappa shape index (κ3) is 2.87. The molecule has 0 unspecified atom stereocenters. The van der Waals surface area contributed by atoms with Gasteiger partial charge < -0.3 is 5.73 Å². The van der Waals surface area contributed by atoms with Gasteiger partial charge in [-0.2, -0.15) is 0 Å². The molecule has 0 bridgehead atoms. The van der Waals surface area contributed by atoms with Gasteiger partial charge in [-0.1, -0.05) is 35.9 Å². The zero-order valence-corrected chi connectivity index (χ0v) is 14.9. The quantitative estimate of drug-likeness (QED) is 0.520. The van der Waals surface area contributed by atoms with Crippen LogP contribution in [0.4, 0.5) is 4.39 Å². The van der Waals surface area contributed by atoms with Crippen molar-refractivity contribution in [3.05, 3.63) is 83.4 Å². The molecule has 2 N–H and O–H groups in total. The molecule has 3 aromatic carbocycles. The van der Waals surface area contributed by atoms with E-state index in [9.17, 15) is 4.39 Å². The Hall–Kier alpha value is -2.69. The van der Waals surface area contributed by atoms with Gasteiger partial charge in [0.25, 0.3) is 0 Å². The molecule has 4 aromatic rings. The van der Waals surface area contributed by atoms with Crippen molar-refractivity contribution in [2.24, 2.45) is 5.73 Å². The van der Waals surface area contributed by atoms with Crippen molar-refractivity contribution in [1.82, 2.24) is 9.55 Å². The van der Waals surface area contributed by atoms with Gasteiger partial charge in [-0.15, -0.1) is 0 Å². The van der Waals surface area contributed by atoms with Gasteiger partial charge in [-0.3, -0.25) is 4.57 Å². The standard InChI is InChI=1S/C21H17ClFN3/c1-13(24)14-6-9-21-20(10-14)25-12-26(21)15-7-8-19(23)17(11-15)16-4-2-3-5-18(16)22/h2-13H,24H2,1H3/t13-/m1/s1. The summed E-state index contributed by atoms with van der Waals surface area (Å²) in [6.45, 7) is 1.94. The number of nitrogens with zero attached hydrogens (tertiary/aromatic N) is 2. The summed E-state index contributed by atoms with van der Waals surface area (Å²) >= 11 is 6.25. The minimum absolute atomic E-state index is 0.0535. The molecule has 0 fully saturated rings. The molecule has 26 heavy (non-hydrogen) atoms. The van der Waals surface area contributed by atoms with Crippen molar-refractivity contribution in [2.75, 3.05) is 0 Å². The van der Waals surface area contributed by atoms with Gasteiger partial charge in [0.2, 0.25) is 0 Å². The molecule has 3 nitrogen and oxygen atoms in total. The predicted octanol–water partition coefficient (Wildman–Crippen LogP) is 5.50. The predicted molar refractivity (Wildman–Crippen MR) is 104 cm³/mol. The summed E-state index contributed by atoms with van der Waals surface area (Å²) in [5.41, 5.74) is 10.7. The van der Waals surface area contributed by atoms with Crippen LogP contribution in [0.3, 0.4) is 0 Å². The van der Waals surface area contributed by atoms with Crippen molar-refractivity contribution in [1.29, 1.82) is 0 Å². The van der Waals surface area contributed by atoms with Crippen LogP contribution in [0.1, 0.15) is 18.5 Å². The average Bonchev–Trinajstić information content (AvgIpc) is 3.06. The fraction of sp³-hybridized carbons (Fsp3) is 0.0952. The van der Waals surface area contributed by atoms with Crippen LogP contribution in [0, 0.1) is 5.82 Å². The topological polar surface area (TPSA) is 43.8 Å². The van der Waals surface area contributed by atoms with Gasteiger partial charge in [-0.05, 0) is 48.9 Å². The summed E-state index contributed by atoms with van der Waals surface area (Å²) in [5.74, 6) is -0.314. The molecule has 0 spiro atoms. The molecule has 4 rings (SSSR count). The second kappa shape index (κ2) is 6.56. The first-order valence-corrected chi connectivity index (χ1v) is 8.70. The molecule has 0 amide bonds. The number of nitrogens with two attached hydrogens (primary N) is 1. The number of benzene rings is 3. The van der Waals surface area contributed by atoms with E-state index in [0.29, 0.717) is 16.1 Å². The summed E-state index contributed by atoms with van der Waals surface area (Å²) in [6.07, 6.45) is 1.74. The Kier molecular flexibility index (Phi) is 4.23. The molecular weight excluding hydrogens is 349 g/mol. The number of fused-ring (bicyclic) bond motifs is 1. The molecule has 0 radical (unpaired) electrons. The van der Waals surface area contributed by atoms with Gasteiger partial charge in [0.05, 0.1) is 11.0 Å². The Morgan fingerprint density at radius 3 is 2.62 bits per heavy atom. The molecule has 1 aromatic heterocycles. The van der Waals surface area contributed by atoms with E-state index in [2.05, 4.69) is 4.98 Å². The van der Waals surface area contributed by atoms with Gasteiger partial charge >= 0.3 is 0 Å². The van der Waals surface area contributed by atoms with Crippen molar-refractivity contribution in [3.63, 3.8) is 0 Å². The highest BCUT2D eigenvalue weighted by Crippen LogP contribution is 2.32. The van der Waals surface area contributed by atoms with Crippen LogP contribution in [-0.2, 0) is 0 Å². The first-order valence-electron chi connectivity index (χ1n) is 8.32. The van der Waals surface area contributed by atoms with E-state index >= 15 is 0 Å². The summed E-state index contributed by atoms with van der Waals surface area (Å²) < 4.78 is 16.4. The Morgan fingerprint density at radius 2 is 1.85 bits per heavy atom. The molecule has 0 aliphatic heterocycles. The molecule has 1 atom stereocenters. The fourth-order valence-electron chi connectivity index (χ4n) is 3.07. The van der Waals surface area contributed by atoms with Crippen LogP contribution in [0.15, 0.2) is 67.0 Å². The van der Waals surface area contributed by atoms with Crippen LogP contribution >= 0.6 is 11.6 Å². The van der Waals surface area contributed by atoms with Crippen LogP contribution in [0.25, 0.3) is 27.8 Å². The fourth-order valence-corrected chi connectivity index (χ4v) is 3.31. The number of imidazole rings is 1. The lowest BCUT2D eigenvalue weighted by Gasteiger charge is -2.11. The average molecular weight is 366 g/mol. The van der Waals surface area contributed by atoms with Crippen LogP contribution in [-0.4, -0.2) is 9.55 Å². The highest BCUT2D eigenvalue weighted by Gasteiger charge is 2.12. The number of halogens is 2. The Bertz CT molecular complexity index is 1100. The number of aromatic nitrogens is 2. The second-order valence-corrected chi connectivity index (χ2v) is 6.70. The van der Waals surface area contributed by atoms with Crippen molar-refractivity contribution < 1.29 is 4.39 Å². The molecule has 0 saturated carbocycles. The van der Waals surface area contributed by atoms with Crippen LogP contribution in [0.5, 0.6) is 0 Å². The molecule has 5 heteroatoms. The zero-order valence-electron chi connectivity index (χ0n) is 14.2. The van der Waals surface area contributed by atoms with Gasteiger partial charge in [-0.25, -0.2) is 9.37 Å². The first kappa shape index (κ1) is 16.8. The zero-order chi connectivity index (χ0) is 18.3. The van der Waals surface area contributed by atoms with E-state index < -0.39 is 0 Å². The smallest absolute Gasteiger partial charge is 0.131 e. The first-order chi connectivity index (χ1) is 12.5. The Labute approximate surface area is 155 Å². The lowest BCUT2D eigenvalue weighted by atomic mass is 10.0. The molecule has 1 heterocycles. The van der Waals surface area contributed by atoms with E-state index in [0.717, 1.165) is 22.3 Å². The summed E-state index contributed by atoms with van der Waals surface area (Å²) in [5, 5.41) is 0.514. The normalized spacial score (nSPS) is 12.5. The van der Waals surface area contributed by atoms with Crippen LogP contribution < -0.4 is 5.73 Å². The molecular formula is C21H17ClFN3. The number of hydrogen-bond acceptors (Lipinski definition) is 2. The summed E-state index contributed by atoms with van der Waals surface area (Å²) in [6, 6.07) is 18.1. The third-order valence-electron chi connectivity index (χ3n) is 4.49. The maximum Gasteiger partial charge on any atom is 0.131 e. The minimum Gasteiger partial charge on any atom is -0.324 e. The Balaban J connectivity index is 1.86. The third-order valence-corrected chi connectivity index (χ3v) is 4.82. The molecule has 0 aliphatic rings. The number of rotatable bonds is 3. The SMILES string of the molecule is C[C@@H](N)c1ccc2c(c1)ncn2-c1ccc(F)c(-c2ccccc2Cl)c1. The van der Waals surface area contributed by atoms with Crippen molar-refractivity contribution in [2.45, 2.75) is 13.0 Å². The van der Waals surface area contributed by atoms with Gasteiger partial charge in [0.15, 0.2) is 0 Å². The monoisotopic (exact) mass is 365 g/mol. The van der Waals surface area contributed by atoms with Crippen molar-refractivity contribution >= 4 is 22.6 Å². The Morgan fingerprint density at radius 1 is 1.04 bits per heavy atom. The second-order valence-electron chi connectivity index (χ2n) is 6.30. The van der Waals surface area contributed by atoms with E-state index in [1.807, 2.05) is 47.9 Å². The highest BCUT2D eigenvalue weighted by atomic mass is 35.5. The van der Waals surface area contributed by atoms with Crippen molar-refractivity contribution in [3.8, 4) is 16.8 Å². The summed E-state index contributed by atoms with van der Waals surface area (Å²) in [7, 11) is 0. The summed E-state index contributed by atoms with van der Waals surface area (Å²) in [4.78, 5) is 4.47. The lowest BCUT2D eigenvalue weighted by molar-refractivity contribution is 0.631. The lowest BCUT2D eigenvalue weighted by Crippen LogP contribution is -2.04. The van der Waals surface area contributed by atoms with E-state index in [-0.39, 0.29) is 11.9 Å². The minimum atomic E-state index is -0.314. The van der Waals surface area contributed by atoms with Gasteiger partial charge in [0.1, 0.15) is 12.1 Å².